The van der Waals surface area contributed by atoms with E-state index in [1.165, 1.54) is 44.9 Å². The third kappa shape index (κ3) is 2.36. The zero-order valence-corrected chi connectivity index (χ0v) is 13.8. The van der Waals surface area contributed by atoms with Gasteiger partial charge in [0.25, 0.3) is 0 Å². The van der Waals surface area contributed by atoms with Crippen molar-refractivity contribution in [2.24, 2.45) is 23.7 Å². The van der Waals surface area contributed by atoms with E-state index in [2.05, 4.69) is 24.3 Å². The minimum atomic E-state index is 0.329. The summed E-state index contributed by atoms with van der Waals surface area (Å²) in [5, 5.41) is 4.02. The van der Waals surface area contributed by atoms with Gasteiger partial charge in [0.05, 0.1) is 0 Å². The quantitative estimate of drug-likeness (QED) is 0.861. The van der Waals surface area contributed by atoms with Crippen molar-refractivity contribution >= 4 is 0 Å². The van der Waals surface area contributed by atoms with Crippen LogP contribution in [0.4, 0.5) is 0 Å². The first-order valence-corrected chi connectivity index (χ1v) is 9.18. The first-order valence-electron chi connectivity index (χ1n) is 9.18. The molecule has 0 aromatic carbocycles. The van der Waals surface area contributed by atoms with E-state index in [9.17, 15) is 0 Å². The highest BCUT2D eigenvalue weighted by Crippen LogP contribution is 2.58. The molecule has 3 nitrogen and oxygen atoms in total. The zero-order valence-electron chi connectivity index (χ0n) is 13.8. The van der Waals surface area contributed by atoms with Gasteiger partial charge in [0.15, 0.2) is 0 Å². The molecule has 0 aromatic heterocycles. The van der Waals surface area contributed by atoms with Crippen LogP contribution in [-0.2, 0) is 4.74 Å². The third-order valence-corrected chi connectivity index (χ3v) is 7.49. The van der Waals surface area contributed by atoms with Crippen LogP contribution in [0.25, 0.3) is 0 Å². The van der Waals surface area contributed by atoms with Gasteiger partial charge in [-0.1, -0.05) is 6.42 Å². The van der Waals surface area contributed by atoms with E-state index in [-0.39, 0.29) is 0 Å². The van der Waals surface area contributed by atoms with Gasteiger partial charge in [0, 0.05) is 31.3 Å². The largest absolute Gasteiger partial charge is 0.381 e. The molecule has 4 aliphatic rings. The van der Waals surface area contributed by atoms with Crippen molar-refractivity contribution in [3.8, 4) is 0 Å². The highest BCUT2D eigenvalue weighted by molar-refractivity contribution is 5.06. The molecular weight excluding hydrogens is 260 g/mol. The molecular formula is C18H32N2O. The molecule has 3 saturated carbocycles. The number of fused-ring (bicyclic) bond motifs is 5. The second-order valence-electron chi connectivity index (χ2n) is 8.37. The maximum Gasteiger partial charge on any atom is 0.0484 e. The molecule has 3 heteroatoms. The molecule has 4 rings (SSSR count). The molecule has 120 valence electrons. The third-order valence-electron chi connectivity index (χ3n) is 7.49. The van der Waals surface area contributed by atoms with Gasteiger partial charge in [0.2, 0.25) is 0 Å². The predicted molar refractivity (Wildman–Crippen MR) is 85.3 cm³/mol. The molecule has 0 spiro atoms. The van der Waals surface area contributed by atoms with Crippen molar-refractivity contribution in [2.45, 2.75) is 56.5 Å². The fourth-order valence-corrected chi connectivity index (χ4v) is 6.16. The Bertz CT molecular complexity index is 377. The fraction of sp³-hybridized carbons (Fsp3) is 1.00. The van der Waals surface area contributed by atoms with Crippen LogP contribution in [-0.4, -0.2) is 50.3 Å². The lowest BCUT2D eigenvalue weighted by atomic mass is 9.78. The van der Waals surface area contributed by atoms with E-state index in [0.717, 1.165) is 49.5 Å². The van der Waals surface area contributed by atoms with Gasteiger partial charge < -0.3 is 15.0 Å². The summed E-state index contributed by atoms with van der Waals surface area (Å²) in [6, 6.07) is 0.814. The lowest BCUT2D eigenvalue weighted by molar-refractivity contribution is -0.00983. The Morgan fingerprint density at radius 3 is 2.57 bits per heavy atom. The molecule has 2 bridgehead atoms. The molecule has 0 radical (unpaired) electrons. The SMILES string of the molecule is CN(C)C1(CN[C@@H]2C[C@H]3C[C@H]2[C@H]2CCC[C@H]32)CCOCC1. The summed E-state index contributed by atoms with van der Waals surface area (Å²) in [6.07, 6.45) is 9.93. The summed E-state index contributed by atoms with van der Waals surface area (Å²) in [7, 11) is 4.50. The average Bonchev–Trinajstić information content (AvgIpc) is 3.18. The standard InChI is InChI=1S/C18H32N2O/c1-20(2)18(6-8-21-9-7-18)12-19-17-11-13-10-16(17)15-5-3-4-14(13)15/h13-17,19H,3-12H2,1-2H3/t13-,14-,15+,16+,17-/m1/s1. The molecule has 0 unspecified atom stereocenters. The van der Waals surface area contributed by atoms with Crippen LogP contribution in [0.5, 0.6) is 0 Å². The van der Waals surface area contributed by atoms with E-state index in [1.807, 2.05) is 0 Å². The van der Waals surface area contributed by atoms with E-state index < -0.39 is 0 Å². The maximum absolute atomic E-state index is 5.60. The van der Waals surface area contributed by atoms with E-state index >= 15 is 0 Å². The zero-order chi connectivity index (χ0) is 14.4. The number of ether oxygens (including phenoxy) is 1. The highest BCUT2D eigenvalue weighted by Gasteiger charge is 2.53. The highest BCUT2D eigenvalue weighted by atomic mass is 16.5. The molecule has 0 aromatic rings. The van der Waals surface area contributed by atoms with Gasteiger partial charge in [-0.15, -0.1) is 0 Å². The normalized spacial score (nSPS) is 44.4. The van der Waals surface area contributed by atoms with Crippen LogP contribution in [0, 0.1) is 23.7 Å². The van der Waals surface area contributed by atoms with Gasteiger partial charge >= 0.3 is 0 Å². The van der Waals surface area contributed by atoms with E-state index in [0.29, 0.717) is 5.54 Å². The van der Waals surface area contributed by atoms with Crippen molar-refractivity contribution in [3.05, 3.63) is 0 Å². The monoisotopic (exact) mass is 292 g/mol. The number of likely N-dealkylation sites (N-methyl/N-ethyl adjacent to an activating group) is 1. The second-order valence-corrected chi connectivity index (χ2v) is 8.37. The number of nitrogens with zero attached hydrogens (tertiary/aromatic N) is 1. The van der Waals surface area contributed by atoms with Gasteiger partial charge in [0.1, 0.15) is 0 Å². The molecule has 1 saturated heterocycles. The Balaban J connectivity index is 1.38. The number of hydrogen-bond donors (Lipinski definition) is 1. The average molecular weight is 292 g/mol. The second kappa shape index (κ2) is 5.50. The molecule has 1 N–H and O–H groups in total. The molecule has 1 aliphatic heterocycles. The van der Waals surface area contributed by atoms with Gasteiger partial charge in [-0.3, -0.25) is 0 Å². The minimum absolute atomic E-state index is 0.329. The molecule has 3 aliphatic carbocycles. The first-order chi connectivity index (χ1) is 10.2. The van der Waals surface area contributed by atoms with Gasteiger partial charge in [-0.05, 0) is 76.3 Å². The number of nitrogens with one attached hydrogen (secondary N) is 1. The summed E-state index contributed by atoms with van der Waals surface area (Å²) < 4.78 is 5.60. The molecule has 0 amide bonds. The smallest absolute Gasteiger partial charge is 0.0484 e. The van der Waals surface area contributed by atoms with Crippen molar-refractivity contribution in [1.82, 2.24) is 10.2 Å². The topological polar surface area (TPSA) is 24.5 Å². The lowest BCUT2D eigenvalue weighted by Gasteiger charge is -2.44. The van der Waals surface area contributed by atoms with Crippen LogP contribution in [0.2, 0.25) is 0 Å². The minimum Gasteiger partial charge on any atom is -0.381 e. The van der Waals surface area contributed by atoms with Crippen LogP contribution in [0.3, 0.4) is 0 Å². The van der Waals surface area contributed by atoms with E-state index in [4.69, 9.17) is 4.74 Å². The molecule has 4 fully saturated rings. The van der Waals surface area contributed by atoms with Crippen LogP contribution in [0.15, 0.2) is 0 Å². The Morgan fingerprint density at radius 2 is 1.81 bits per heavy atom. The lowest BCUT2D eigenvalue weighted by Crippen LogP contribution is -2.57. The Kier molecular flexibility index (Phi) is 3.79. The summed E-state index contributed by atoms with van der Waals surface area (Å²) in [5.74, 6) is 4.25. The first kappa shape index (κ1) is 14.5. The Labute approximate surface area is 129 Å². The summed E-state index contributed by atoms with van der Waals surface area (Å²) in [5.41, 5.74) is 0.329. The molecule has 5 atom stereocenters. The van der Waals surface area contributed by atoms with E-state index in [1.54, 1.807) is 0 Å². The van der Waals surface area contributed by atoms with Crippen LogP contribution in [0.1, 0.15) is 44.9 Å². The van der Waals surface area contributed by atoms with Gasteiger partial charge in [-0.2, -0.15) is 0 Å². The Hall–Kier alpha value is -0.120. The van der Waals surface area contributed by atoms with Crippen molar-refractivity contribution < 1.29 is 4.74 Å². The molecule has 1 heterocycles. The van der Waals surface area contributed by atoms with Crippen LogP contribution >= 0.6 is 0 Å². The summed E-state index contributed by atoms with van der Waals surface area (Å²) >= 11 is 0. The predicted octanol–water partition coefficient (Wildman–Crippen LogP) is 2.51. The van der Waals surface area contributed by atoms with Crippen molar-refractivity contribution in [2.75, 3.05) is 33.9 Å². The fourth-order valence-electron chi connectivity index (χ4n) is 6.16. The number of hydrogen-bond acceptors (Lipinski definition) is 3. The summed E-state index contributed by atoms with van der Waals surface area (Å²) in [6.45, 7) is 3.02. The Morgan fingerprint density at radius 1 is 1.05 bits per heavy atom. The van der Waals surface area contributed by atoms with Gasteiger partial charge in [-0.25, -0.2) is 0 Å². The van der Waals surface area contributed by atoms with Crippen molar-refractivity contribution in [3.63, 3.8) is 0 Å². The van der Waals surface area contributed by atoms with Crippen molar-refractivity contribution in [1.29, 1.82) is 0 Å². The summed E-state index contributed by atoms with van der Waals surface area (Å²) in [4.78, 5) is 2.45. The maximum atomic E-state index is 5.60. The molecule has 21 heavy (non-hydrogen) atoms. The number of rotatable bonds is 4. The van der Waals surface area contributed by atoms with Crippen LogP contribution < -0.4 is 5.32 Å².